The van der Waals surface area contributed by atoms with Gasteiger partial charge in [-0.2, -0.15) is 0 Å². The molecule has 0 saturated carbocycles. The molecule has 1 aliphatic rings. The van der Waals surface area contributed by atoms with Gasteiger partial charge >= 0.3 is 0 Å². The Labute approximate surface area is 264 Å². The third kappa shape index (κ3) is 8.33. The number of methoxy groups -OCH3 is 2. The Morgan fingerprint density at radius 2 is 1.80 bits per heavy atom. The molecule has 4 aromatic rings. The molecule has 1 saturated heterocycles. The third-order valence-electron chi connectivity index (χ3n) is 8.36. The second-order valence-corrected chi connectivity index (χ2v) is 11.7. The van der Waals surface area contributed by atoms with Crippen molar-refractivity contribution in [1.82, 2.24) is 24.8 Å². The highest BCUT2D eigenvalue weighted by molar-refractivity contribution is 5.92. The number of nitrogens with zero attached hydrogens (tertiary/aromatic N) is 4. The van der Waals surface area contributed by atoms with Gasteiger partial charge in [0.05, 0.1) is 17.6 Å². The summed E-state index contributed by atoms with van der Waals surface area (Å²) in [6.07, 6.45) is 5.48. The zero-order valence-corrected chi connectivity index (χ0v) is 26.3. The van der Waals surface area contributed by atoms with Gasteiger partial charge in [-0.3, -0.25) is 14.6 Å². The minimum atomic E-state index is -0.278. The molecule has 3 N–H and O–H groups in total. The van der Waals surface area contributed by atoms with Gasteiger partial charge in [0, 0.05) is 77.1 Å². The molecule has 0 bridgehead atoms. The predicted octanol–water partition coefficient (Wildman–Crippen LogP) is 4.18. The summed E-state index contributed by atoms with van der Waals surface area (Å²) in [4.78, 5) is 36.9. The van der Waals surface area contributed by atoms with Crippen LogP contribution in [0.25, 0.3) is 22.2 Å². The molecule has 0 aliphatic carbocycles. The van der Waals surface area contributed by atoms with Crippen LogP contribution in [-0.4, -0.2) is 84.4 Å². The molecule has 1 aliphatic heterocycles. The Morgan fingerprint density at radius 3 is 2.56 bits per heavy atom. The second-order valence-electron chi connectivity index (χ2n) is 11.7. The Hall–Kier alpha value is -4.12. The van der Waals surface area contributed by atoms with E-state index in [1.54, 1.807) is 26.5 Å². The number of aryl methyl sites for hydroxylation is 1. The Morgan fingerprint density at radius 1 is 1.02 bits per heavy atom. The molecule has 10 nitrogen and oxygen atoms in total. The SMILES string of the molecule is COCCCn1c([C@@H]2CCCN(C(=O)C[C@H](N)Cc3ccc(-c4ccc(C(=O)NCCOC)nc4)cc3)C2)nc2ccccc21. The molecule has 3 heterocycles. The van der Waals surface area contributed by atoms with Crippen LogP contribution in [0.3, 0.4) is 0 Å². The number of nitrogens with one attached hydrogen (secondary N) is 1. The van der Waals surface area contributed by atoms with Crippen molar-refractivity contribution in [1.29, 1.82) is 0 Å². The van der Waals surface area contributed by atoms with E-state index in [0.717, 1.165) is 65.9 Å². The van der Waals surface area contributed by atoms with Crippen LogP contribution in [0, 0.1) is 0 Å². The van der Waals surface area contributed by atoms with E-state index in [-0.39, 0.29) is 23.8 Å². The Kier molecular flexibility index (Phi) is 11.3. The number of ether oxygens (including phenoxy) is 2. The van der Waals surface area contributed by atoms with Gasteiger partial charge in [0.25, 0.3) is 5.91 Å². The summed E-state index contributed by atoms with van der Waals surface area (Å²) in [6.45, 7) is 3.84. The summed E-state index contributed by atoms with van der Waals surface area (Å²) in [6, 6.07) is 19.7. The zero-order chi connectivity index (χ0) is 31.6. The molecule has 2 aromatic carbocycles. The molecule has 0 radical (unpaired) electrons. The number of nitrogens with two attached hydrogens (primary N) is 1. The fourth-order valence-electron chi connectivity index (χ4n) is 6.04. The van der Waals surface area contributed by atoms with Crippen molar-refractivity contribution in [3.05, 3.63) is 83.9 Å². The lowest BCUT2D eigenvalue weighted by atomic mass is 9.95. The van der Waals surface area contributed by atoms with Crippen molar-refractivity contribution in [3.63, 3.8) is 0 Å². The second kappa shape index (κ2) is 15.7. The van der Waals surface area contributed by atoms with E-state index in [2.05, 4.69) is 33.1 Å². The lowest BCUT2D eigenvalue weighted by Crippen LogP contribution is -2.42. The van der Waals surface area contributed by atoms with Gasteiger partial charge in [0.15, 0.2) is 0 Å². The number of amides is 2. The van der Waals surface area contributed by atoms with Crippen LogP contribution in [0.5, 0.6) is 0 Å². The van der Waals surface area contributed by atoms with E-state index in [4.69, 9.17) is 20.2 Å². The normalized spacial score (nSPS) is 15.7. The molecule has 2 aromatic heterocycles. The van der Waals surface area contributed by atoms with Crippen molar-refractivity contribution in [3.8, 4) is 11.1 Å². The molecular weight excluding hydrogens is 568 g/mol. The van der Waals surface area contributed by atoms with Crippen LogP contribution in [-0.2, 0) is 27.2 Å². The fraction of sp³-hybridized carbons (Fsp3) is 0.429. The Bertz CT molecular complexity index is 1550. The van der Waals surface area contributed by atoms with E-state index >= 15 is 0 Å². The van der Waals surface area contributed by atoms with Gasteiger partial charge in [-0.05, 0) is 55.0 Å². The van der Waals surface area contributed by atoms with Gasteiger partial charge in [0.1, 0.15) is 11.5 Å². The van der Waals surface area contributed by atoms with Crippen LogP contribution in [0.4, 0.5) is 0 Å². The molecule has 2 amide bonds. The number of carbonyl (C=O) groups is 2. The largest absolute Gasteiger partial charge is 0.385 e. The monoisotopic (exact) mass is 612 g/mol. The molecule has 1 fully saturated rings. The maximum absolute atomic E-state index is 13.4. The highest BCUT2D eigenvalue weighted by Crippen LogP contribution is 2.30. The summed E-state index contributed by atoms with van der Waals surface area (Å²) in [5.74, 6) is 1.12. The number of likely N-dealkylation sites (tertiary alicyclic amines) is 1. The highest BCUT2D eigenvalue weighted by Gasteiger charge is 2.29. The summed E-state index contributed by atoms with van der Waals surface area (Å²) in [5.41, 5.74) is 12.0. The number of aromatic nitrogens is 3. The lowest BCUT2D eigenvalue weighted by molar-refractivity contribution is -0.132. The first-order chi connectivity index (χ1) is 22.0. The first-order valence-electron chi connectivity index (χ1n) is 15.8. The van der Waals surface area contributed by atoms with Crippen molar-refractivity contribution < 1.29 is 19.1 Å². The molecule has 2 atom stereocenters. The maximum Gasteiger partial charge on any atom is 0.269 e. The summed E-state index contributed by atoms with van der Waals surface area (Å²) < 4.78 is 12.6. The minimum absolute atomic E-state index is 0.100. The number of rotatable bonds is 14. The minimum Gasteiger partial charge on any atom is -0.385 e. The van der Waals surface area contributed by atoms with Gasteiger partial charge in [0.2, 0.25) is 5.91 Å². The Balaban J connectivity index is 1.16. The molecule has 238 valence electrons. The number of hydrogen-bond donors (Lipinski definition) is 2. The van der Waals surface area contributed by atoms with Crippen LogP contribution >= 0.6 is 0 Å². The van der Waals surface area contributed by atoms with Gasteiger partial charge < -0.3 is 30.0 Å². The quantitative estimate of drug-likeness (QED) is 0.205. The van der Waals surface area contributed by atoms with Gasteiger partial charge in [-0.1, -0.05) is 42.5 Å². The van der Waals surface area contributed by atoms with E-state index in [1.807, 2.05) is 41.3 Å². The van der Waals surface area contributed by atoms with Crippen molar-refractivity contribution in [2.45, 2.75) is 50.6 Å². The number of para-hydroxylation sites is 2. The van der Waals surface area contributed by atoms with Crippen molar-refractivity contribution >= 4 is 22.8 Å². The average molecular weight is 613 g/mol. The van der Waals surface area contributed by atoms with E-state index < -0.39 is 0 Å². The van der Waals surface area contributed by atoms with Gasteiger partial charge in [-0.25, -0.2) is 4.98 Å². The third-order valence-corrected chi connectivity index (χ3v) is 8.36. The van der Waals surface area contributed by atoms with E-state index in [1.165, 1.54) is 0 Å². The highest BCUT2D eigenvalue weighted by atomic mass is 16.5. The lowest BCUT2D eigenvalue weighted by Gasteiger charge is -2.33. The summed E-state index contributed by atoms with van der Waals surface area (Å²) in [7, 11) is 3.32. The molecule has 10 heteroatoms. The number of pyridine rings is 1. The van der Waals surface area contributed by atoms with Crippen LogP contribution < -0.4 is 11.1 Å². The number of benzene rings is 2. The number of imidazole rings is 1. The zero-order valence-electron chi connectivity index (χ0n) is 26.3. The smallest absolute Gasteiger partial charge is 0.269 e. The van der Waals surface area contributed by atoms with Gasteiger partial charge in [-0.15, -0.1) is 0 Å². The first-order valence-corrected chi connectivity index (χ1v) is 15.8. The standard InChI is InChI=1S/C35H44N6O4/c1-44-19-6-18-41-32-9-4-3-8-30(32)39-34(41)28-7-5-17-40(24-28)33(42)22-29(36)21-25-10-12-26(13-11-25)27-14-15-31(38-23-27)35(43)37-16-20-45-2/h3-4,8-15,23,28-29H,5-7,16-22,24,36H2,1-2H3,(H,37,43)/t28-,29-/m1/s1. The number of hydrogen-bond acceptors (Lipinski definition) is 7. The maximum atomic E-state index is 13.4. The fourth-order valence-corrected chi connectivity index (χ4v) is 6.04. The van der Waals surface area contributed by atoms with Crippen molar-refractivity contribution in [2.75, 3.05) is 47.1 Å². The van der Waals surface area contributed by atoms with Crippen LogP contribution in [0.15, 0.2) is 66.9 Å². The predicted molar refractivity (Wildman–Crippen MR) is 175 cm³/mol. The number of carbonyl (C=O) groups excluding carboxylic acids is 2. The first kappa shape index (κ1) is 32.3. The molecule has 0 unspecified atom stereocenters. The van der Waals surface area contributed by atoms with Crippen LogP contribution in [0.1, 0.15) is 53.5 Å². The van der Waals surface area contributed by atoms with Crippen LogP contribution in [0.2, 0.25) is 0 Å². The number of fused-ring (bicyclic) bond motifs is 1. The molecule has 0 spiro atoms. The molecule has 45 heavy (non-hydrogen) atoms. The summed E-state index contributed by atoms with van der Waals surface area (Å²) >= 11 is 0. The average Bonchev–Trinajstić information content (AvgIpc) is 3.44. The molecule has 5 rings (SSSR count). The van der Waals surface area contributed by atoms with E-state index in [0.29, 0.717) is 44.8 Å². The van der Waals surface area contributed by atoms with Crippen molar-refractivity contribution in [2.24, 2.45) is 5.73 Å². The number of piperidine rings is 1. The topological polar surface area (TPSA) is 125 Å². The summed E-state index contributed by atoms with van der Waals surface area (Å²) in [5, 5.41) is 2.77. The van der Waals surface area contributed by atoms with E-state index in [9.17, 15) is 9.59 Å². The molecular formula is C35H44N6O4.